The zero-order chi connectivity index (χ0) is 12.5. The summed E-state index contributed by atoms with van der Waals surface area (Å²) in [7, 11) is 0. The standard InChI is InChI=1S/C15H19ClN2/c1-10-7-13-14(18-10)5-4-12(15(13)16)8-11-3-2-6-17-9-11/h4-5,7,11,17-18H,2-3,6,8-9H2,1H3. The summed E-state index contributed by atoms with van der Waals surface area (Å²) in [4.78, 5) is 3.33. The SMILES string of the molecule is Cc1cc2c(Cl)c(CC3CCCNC3)ccc2[nH]1. The van der Waals surface area contributed by atoms with Crippen molar-refractivity contribution in [2.75, 3.05) is 13.1 Å². The fraction of sp³-hybridized carbons (Fsp3) is 0.467. The average Bonchev–Trinajstić information content (AvgIpc) is 2.76. The number of benzene rings is 1. The van der Waals surface area contributed by atoms with E-state index in [2.05, 4.69) is 35.4 Å². The molecule has 0 aliphatic carbocycles. The molecule has 2 N–H and O–H groups in total. The van der Waals surface area contributed by atoms with Gasteiger partial charge in [0.1, 0.15) is 0 Å². The summed E-state index contributed by atoms with van der Waals surface area (Å²) in [5.41, 5.74) is 3.60. The number of aromatic amines is 1. The third kappa shape index (κ3) is 2.27. The largest absolute Gasteiger partial charge is 0.359 e. The molecule has 1 saturated heterocycles. The van der Waals surface area contributed by atoms with Crippen LogP contribution in [0.5, 0.6) is 0 Å². The summed E-state index contributed by atoms with van der Waals surface area (Å²) in [6.07, 6.45) is 3.69. The summed E-state index contributed by atoms with van der Waals surface area (Å²) >= 11 is 6.53. The maximum Gasteiger partial charge on any atom is 0.0531 e. The minimum Gasteiger partial charge on any atom is -0.359 e. The van der Waals surface area contributed by atoms with E-state index in [0.717, 1.165) is 34.8 Å². The fourth-order valence-corrected chi connectivity index (χ4v) is 3.22. The van der Waals surface area contributed by atoms with Gasteiger partial charge >= 0.3 is 0 Å². The smallest absolute Gasteiger partial charge is 0.0531 e. The van der Waals surface area contributed by atoms with Gasteiger partial charge in [-0.2, -0.15) is 0 Å². The molecule has 0 amide bonds. The van der Waals surface area contributed by atoms with Crippen molar-refractivity contribution in [3.8, 4) is 0 Å². The molecule has 3 heteroatoms. The molecule has 3 rings (SSSR count). The zero-order valence-corrected chi connectivity index (χ0v) is 11.5. The quantitative estimate of drug-likeness (QED) is 0.849. The minimum absolute atomic E-state index is 0.730. The third-order valence-corrected chi connectivity index (χ3v) is 4.31. The van der Waals surface area contributed by atoms with Crippen LogP contribution in [0.25, 0.3) is 10.9 Å². The number of fused-ring (bicyclic) bond motifs is 1. The molecule has 0 spiro atoms. The van der Waals surface area contributed by atoms with Crippen LogP contribution in [0, 0.1) is 12.8 Å². The molecule has 0 radical (unpaired) electrons. The van der Waals surface area contributed by atoms with Crippen molar-refractivity contribution >= 4 is 22.5 Å². The molecule has 1 aromatic heterocycles. The van der Waals surface area contributed by atoms with Crippen LogP contribution in [0.1, 0.15) is 24.1 Å². The lowest BCUT2D eigenvalue weighted by molar-refractivity contribution is 0.376. The highest BCUT2D eigenvalue weighted by Crippen LogP contribution is 2.30. The summed E-state index contributed by atoms with van der Waals surface area (Å²) in [5.74, 6) is 0.730. The number of piperidine rings is 1. The number of H-pyrrole nitrogens is 1. The lowest BCUT2D eigenvalue weighted by atomic mass is 9.92. The molecule has 2 nitrogen and oxygen atoms in total. The van der Waals surface area contributed by atoms with E-state index in [0.29, 0.717) is 0 Å². The molecule has 2 aromatic rings. The topological polar surface area (TPSA) is 27.8 Å². The molecule has 0 saturated carbocycles. The first-order valence-electron chi connectivity index (χ1n) is 6.71. The van der Waals surface area contributed by atoms with Gasteiger partial charge in [0.2, 0.25) is 0 Å². The summed E-state index contributed by atoms with van der Waals surface area (Å²) < 4.78 is 0. The second-order valence-corrected chi connectivity index (χ2v) is 5.75. The molecule has 1 aliphatic heterocycles. The van der Waals surface area contributed by atoms with Gasteiger partial charge in [-0.3, -0.25) is 0 Å². The molecule has 1 aliphatic rings. The predicted molar refractivity (Wildman–Crippen MR) is 77.3 cm³/mol. The second kappa shape index (κ2) is 4.94. The van der Waals surface area contributed by atoms with E-state index in [4.69, 9.17) is 11.6 Å². The van der Waals surface area contributed by atoms with E-state index in [1.165, 1.54) is 30.6 Å². The summed E-state index contributed by atoms with van der Waals surface area (Å²) in [5, 5.41) is 5.56. The van der Waals surface area contributed by atoms with Gasteiger partial charge in [0.05, 0.1) is 5.02 Å². The van der Waals surface area contributed by atoms with E-state index < -0.39 is 0 Å². The van der Waals surface area contributed by atoms with Gasteiger partial charge < -0.3 is 10.3 Å². The zero-order valence-electron chi connectivity index (χ0n) is 10.7. The Hall–Kier alpha value is -0.990. The van der Waals surface area contributed by atoms with Crippen molar-refractivity contribution in [2.24, 2.45) is 5.92 Å². The minimum atomic E-state index is 0.730. The first kappa shape index (κ1) is 12.1. The Morgan fingerprint density at radius 3 is 3.06 bits per heavy atom. The van der Waals surface area contributed by atoms with Gasteiger partial charge in [0.25, 0.3) is 0 Å². The monoisotopic (exact) mass is 262 g/mol. The molecule has 2 heterocycles. The molecule has 1 unspecified atom stereocenters. The van der Waals surface area contributed by atoms with Crippen LogP contribution in [0.4, 0.5) is 0 Å². The van der Waals surface area contributed by atoms with E-state index in [1.807, 2.05) is 0 Å². The van der Waals surface area contributed by atoms with Gasteiger partial charge in [0, 0.05) is 16.6 Å². The molecular weight excluding hydrogens is 244 g/mol. The van der Waals surface area contributed by atoms with Gasteiger partial charge in [-0.05, 0) is 62.9 Å². The van der Waals surface area contributed by atoms with Crippen LogP contribution in [-0.2, 0) is 6.42 Å². The number of halogens is 1. The highest BCUT2D eigenvalue weighted by molar-refractivity contribution is 6.36. The number of rotatable bonds is 2. The van der Waals surface area contributed by atoms with Crippen LogP contribution in [0.2, 0.25) is 5.02 Å². The average molecular weight is 263 g/mol. The maximum absolute atomic E-state index is 6.53. The van der Waals surface area contributed by atoms with Gasteiger partial charge in [0.15, 0.2) is 0 Å². The Kier molecular flexibility index (Phi) is 3.31. The van der Waals surface area contributed by atoms with Crippen molar-refractivity contribution in [2.45, 2.75) is 26.2 Å². The van der Waals surface area contributed by atoms with Crippen LogP contribution in [0.15, 0.2) is 18.2 Å². The van der Waals surface area contributed by atoms with Crippen LogP contribution in [-0.4, -0.2) is 18.1 Å². The summed E-state index contributed by atoms with van der Waals surface area (Å²) in [6.45, 7) is 4.36. The lowest BCUT2D eigenvalue weighted by Gasteiger charge is -2.23. The van der Waals surface area contributed by atoms with Crippen molar-refractivity contribution in [1.29, 1.82) is 0 Å². The number of hydrogen-bond acceptors (Lipinski definition) is 1. The van der Waals surface area contributed by atoms with E-state index in [-0.39, 0.29) is 0 Å². The number of aromatic nitrogens is 1. The van der Waals surface area contributed by atoms with Gasteiger partial charge in [-0.15, -0.1) is 0 Å². The normalized spacial score (nSPS) is 20.4. The molecule has 1 fully saturated rings. The van der Waals surface area contributed by atoms with Gasteiger partial charge in [-0.25, -0.2) is 0 Å². The molecular formula is C15H19ClN2. The first-order chi connectivity index (χ1) is 8.74. The van der Waals surface area contributed by atoms with Gasteiger partial charge in [-0.1, -0.05) is 17.7 Å². The first-order valence-corrected chi connectivity index (χ1v) is 7.09. The Labute approximate surface area is 113 Å². The van der Waals surface area contributed by atoms with Crippen molar-refractivity contribution < 1.29 is 0 Å². The third-order valence-electron chi connectivity index (χ3n) is 3.86. The number of aryl methyl sites for hydroxylation is 1. The fourth-order valence-electron chi connectivity index (χ4n) is 2.92. The molecule has 1 aromatic carbocycles. The maximum atomic E-state index is 6.53. The predicted octanol–water partition coefficient (Wildman–Crippen LogP) is 3.67. The van der Waals surface area contributed by atoms with E-state index >= 15 is 0 Å². The highest BCUT2D eigenvalue weighted by Gasteiger charge is 2.16. The number of nitrogens with one attached hydrogen (secondary N) is 2. The molecule has 0 bridgehead atoms. The van der Waals surface area contributed by atoms with Crippen molar-refractivity contribution in [3.05, 3.63) is 34.5 Å². The molecule has 96 valence electrons. The second-order valence-electron chi connectivity index (χ2n) is 5.37. The van der Waals surface area contributed by atoms with E-state index in [9.17, 15) is 0 Å². The Morgan fingerprint density at radius 1 is 1.39 bits per heavy atom. The Bertz CT molecular complexity index is 553. The Morgan fingerprint density at radius 2 is 2.28 bits per heavy atom. The molecule has 18 heavy (non-hydrogen) atoms. The summed E-state index contributed by atoms with van der Waals surface area (Å²) in [6, 6.07) is 6.47. The van der Waals surface area contributed by atoms with Crippen LogP contribution < -0.4 is 5.32 Å². The number of hydrogen-bond donors (Lipinski definition) is 2. The molecule has 1 atom stereocenters. The van der Waals surface area contributed by atoms with Crippen molar-refractivity contribution in [3.63, 3.8) is 0 Å². The highest BCUT2D eigenvalue weighted by atomic mass is 35.5. The van der Waals surface area contributed by atoms with E-state index in [1.54, 1.807) is 0 Å². The Balaban J connectivity index is 1.89. The lowest BCUT2D eigenvalue weighted by Crippen LogP contribution is -2.30. The van der Waals surface area contributed by atoms with Crippen molar-refractivity contribution in [1.82, 2.24) is 10.3 Å². The van der Waals surface area contributed by atoms with Crippen LogP contribution >= 0.6 is 11.6 Å². The van der Waals surface area contributed by atoms with Crippen LogP contribution in [0.3, 0.4) is 0 Å².